The fraction of sp³-hybridized carbons (Fsp3) is 0.700. The second-order valence-corrected chi connectivity index (χ2v) is 6.71. The number of rotatable bonds is 12. The molecule has 0 radical (unpaired) electrons. The van der Waals surface area contributed by atoms with Crippen LogP contribution in [0.2, 0.25) is 0 Å². The molecule has 0 aromatic heterocycles. The lowest BCUT2D eigenvalue weighted by Crippen LogP contribution is -2.24. The van der Waals surface area contributed by atoms with Crippen molar-refractivity contribution < 1.29 is 0 Å². The Balaban J connectivity index is 2.48. The molecular weight excluding hydrogens is 300 g/mol. The monoisotopic (exact) mass is 336 g/mol. The van der Waals surface area contributed by atoms with Crippen LogP contribution in [0.25, 0.3) is 0 Å². The first-order chi connectivity index (χ1) is 11.1. The van der Waals surface area contributed by atoms with Gasteiger partial charge in [0.1, 0.15) is 0 Å². The highest BCUT2D eigenvalue weighted by molar-refractivity contribution is 7.80. The summed E-state index contributed by atoms with van der Waals surface area (Å²) in [6.45, 7) is 16.0. The molecule has 1 aromatic rings. The molecule has 2 nitrogen and oxygen atoms in total. The quantitative estimate of drug-likeness (QED) is 0.561. The zero-order chi connectivity index (χ0) is 17.1. The van der Waals surface area contributed by atoms with E-state index in [4.69, 9.17) is 0 Å². The van der Waals surface area contributed by atoms with Gasteiger partial charge in [-0.3, -0.25) is 0 Å². The van der Waals surface area contributed by atoms with Crippen molar-refractivity contribution in [1.82, 2.24) is 9.80 Å². The van der Waals surface area contributed by atoms with Crippen LogP contribution in [0.3, 0.4) is 0 Å². The van der Waals surface area contributed by atoms with Gasteiger partial charge >= 0.3 is 0 Å². The zero-order valence-electron chi connectivity index (χ0n) is 15.6. The van der Waals surface area contributed by atoms with Gasteiger partial charge < -0.3 is 9.80 Å². The number of aryl methyl sites for hydroxylation is 2. The van der Waals surface area contributed by atoms with Gasteiger partial charge in [0.05, 0.1) is 0 Å². The van der Waals surface area contributed by atoms with Crippen LogP contribution in [0, 0.1) is 0 Å². The van der Waals surface area contributed by atoms with E-state index >= 15 is 0 Å². The van der Waals surface area contributed by atoms with E-state index in [2.05, 4.69) is 68.3 Å². The van der Waals surface area contributed by atoms with Crippen molar-refractivity contribution in [3.05, 3.63) is 29.3 Å². The van der Waals surface area contributed by atoms with Gasteiger partial charge in [-0.1, -0.05) is 39.8 Å². The number of hydrogen-bond donors (Lipinski definition) is 1. The minimum atomic E-state index is 1.14. The summed E-state index contributed by atoms with van der Waals surface area (Å²) < 4.78 is 0. The molecule has 0 heterocycles. The topological polar surface area (TPSA) is 6.48 Å². The van der Waals surface area contributed by atoms with Crippen molar-refractivity contribution in [1.29, 1.82) is 0 Å². The van der Waals surface area contributed by atoms with Crippen molar-refractivity contribution in [3.63, 3.8) is 0 Å². The Morgan fingerprint density at radius 3 is 1.83 bits per heavy atom. The van der Waals surface area contributed by atoms with Crippen LogP contribution in [-0.2, 0) is 12.8 Å². The molecule has 0 aliphatic rings. The Bertz CT molecular complexity index is 426. The van der Waals surface area contributed by atoms with Crippen molar-refractivity contribution in [2.75, 3.05) is 39.3 Å². The van der Waals surface area contributed by atoms with Gasteiger partial charge in [-0.15, -0.1) is 12.6 Å². The lowest BCUT2D eigenvalue weighted by Gasteiger charge is -2.18. The Kier molecular flexibility index (Phi) is 10.7. The molecule has 0 fully saturated rings. The van der Waals surface area contributed by atoms with Gasteiger partial charge in [0.2, 0.25) is 0 Å². The van der Waals surface area contributed by atoms with Crippen molar-refractivity contribution >= 4 is 12.6 Å². The molecule has 1 rings (SSSR count). The van der Waals surface area contributed by atoms with E-state index in [1.807, 2.05) is 0 Å². The van der Waals surface area contributed by atoms with Crippen LogP contribution in [0.1, 0.15) is 51.7 Å². The van der Waals surface area contributed by atoms with Crippen LogP contribution in [0.4, 0.5) is 0 Å². The third kappa shape index (κ3) is 7.73. The zero-order valence-corrected chi connectivity index (χ0v) is 16.5. The first kappa shape index (κ1) is 20.5. The van der Waals surface area contributed by atoms with Gasteiger partial charge in [-0.2, -0.15) is 0 Å². The molecule has 0 unspecified atom stereocenters. The second kappa shape index (κ2) is 11.9. The Morgan fingerprint density at radius 2 is 1.30 bits per heavy atom. The highest BCUT2D eigenvalue weighted by Gasteiger charge is 2.05. The summed E-state index contributed by atoms with van der Waals surface area (Å²) in [5, 5.41) is 0. The summed E-state index contributed by atoms with van der Waals surface area (Å²) in [6, 6.07) is 6.81. The summed E-state index contributed by atoms with van der Waals surface area (Å²) in [5.74, 6) is 0. The molecule has 0 bridgehead atoms. The first-order valence-electron chi connectivity index (χ1n) is 9.39. The molecule has 0 atom stereocenters. The minimum Gasteiger partial charge on any atom is -0.304 e. The molecule has 0 aliphatic carbocycles. The van der Waals surface area contributed by atoms with E-state index in [0.29, 0.717) is 0 Å². The molecule has 0 spiro atoms. The standard InChI is InChI=1S/C20H36N2S/c1-5-21(6-2)15-9-11-18-13-14-20(23)19(17-18)12-10-16-22(7-3)8-4/h13-14,17,23H,5-12,15-16H2,1-4H3. The average molecular weight is 337 g/mol. The van der Waals surface area contributed by atoms with Crippen LogP contribution in [0.5, 0.6) is 0 Å². The maximum absolute atomic E-state index is 4.65. The fourth-order valence-corrected chi connectivity index (χ4v) is 3.33. The third-order valence-electron chi connectivity index (χ3n) is 4.79. The molecule has 23 heavy (non-hydrogen) atoms. The maximum atomic E-state index is 4.65. The number of nitrogens with zero attached hydrogens (tertiary/aromatic N) is 2. The largest absolute Gasteiger partial charge is 0.304 e. The molecule has 1 aromatic carbocycles. The fourth-order valence-electron chi connectivity index (χ4n) is 3.07. The van der Waals surface area contributed by atoms with E-state index in [0.717, 1.165) is 37.5 Å². The van der Waals surface area contributed by atoms with Crippen molar-refractivity contribution in [2.45, 2.75) is 58.3 Å². The van der Waals surface area contributed by atoms with Gasteiger partial charge in [-0.25, -0.2) is 0 Å². The van der Waals surface area contributed by atoms with Gasteiger partial charge in [0, 0.05) is 4.90 Å². The molecule has 0 amide bonds. The van der Waals surface area contributed by atoms with Crippen LogP contribution < -0.4 is 0 Å². The minimum absolute atomic E-state index is 1.14. The van der Waals surface area contributed by atoms with Crippen LogP contribution in [-0.4, -0.2) is 49.1 Å². The van der Waals surface area contributed by atoms with E-state index in [1.165, 1.54) is 43.5 Å². The number of benzene rings is 1. The molecule has 0 saturated heterocycles. The Hall–Kier alpha value is -0.510. The third-order valence-corrected chi connectivity index (χ3v) is 5.23. The van der Waals surface area contributed by atoms with E-state index < -0.39 is 0 Å². The normalized spacial score (nSPS) is 11.6. The maximum Gasteiger partial charge on any atom is 0.00722 e. The summed E-state index contributed by atoms with van der Waals surface area (Å²) in [6.07, 6.45) is 4.78. The number of thiol groups is 1. The van der Waals surface area contributed by atoms with E-state index in [9.17, 15) is 0 Å². The van der Waals surface area contributed by atoms with Gasteiger partial charge in [0.15, 0.2) is 0 Å². The van der Waals surface area contributed by atoms with Crippen molar-refractivity contribution in [3.8, 4) is 0 Å². The second-order valence-electron chi connectivity index (χ2n) is 6.22. The highest BCUT2D eigenvalue weighted by atomic mass is 32.1. The summed E-state index contributed by atoms with van der Waals surface area (Å²) in [5.41, 5.74) is 2.88. The molecule has 0 aliphatic heterocycles. The van der Waals surface area contributed by atoms with Crippen LogP contribution in [0.15, 0.2) is 23.1 Å². The average Bonchev–Trinajstić information content (AvgIpc) is 2.58. The van der Waals surface area contributed by atoms with Gasteiger partial charge in [0.25, 0.3) is 0 Å². The molecule has 0 saturated carbocycles. The number of hydrogen-bond acceptors (Lipinski definition) is 3. The molecular formula is C20H36N2S. The Labute approximate surface area is 149 Å². The van der Waals surface area contributed by atoms with E-state index in [1.54, 1.807) is 0 Å². The predicted molar refractivity (Wildman–Crippen MR) is 106 cm³/mol. The highest BCUT2D eigenvalue weighted by Crippen LogP contribution is 2.19. The van der Waals surface area contributed by atoms with Crippen LogP contribution >= 0.6 is 12.6 Å². The Morgan fingerprint density at radius 1 is 0.783 bits per heavy atom. The summed E-state index contributed by atoms with van der Waals surface area (Å²) in [7, 11) is 0. The predicted octanol–water partition coefficient (Wildman–Crippen LogP) is 4.52. The van der Waals surface area contributed by atoms with E-state index in [-0.39, 0.29) is 0 Å². The summed E-state index contributed by atoms with van der Waals surface area (Å²) in [4.78, 5) is 6.14. The molecule has 0 N–H and O–H groups in total. The molecule has 3 heteroatoms. The lowest BCUT2D eigenvalue weighted by molar-refractivity contribution is 0.299. The van der Waals surface area contributed by atoms with Crippen molar-refractivity contribution in [2.24, 2.45) is 0 Å². The summed E-state index contributed by atoms with van der Waals surface area (Å²) >= 11 is 4.65. The van der Waals surface area contributed by atoms with Gasteiger partial charge in [-0.05, 0) is 82.1 Å². The lowest BCUT2D eigenvalue weighted by atomic mass is 10.0. The smallest absolute Gasteiger partial charge is 0.00722 e. The first-order valence-corrected chi connectivity index (χ1v) is 9.84. The molecule has 132 valence electrons. The SMILES string of the molecule is CCN(CC)CCCc1ccc(S)c(CCCN(CC)CC)c1.